The Morgan fingerprint density at radius 2 is 1.81 bits per heavy atom. The van der Waals surface area contributed by atoms with Gasteiger partial charge in [0.25, 0.3) is 5.91 Å². The summed E-state index contributed by atoms with van der Waals surface area (Å²) in [4.78, 5) is 22.0. The largest absolute Gasteiger partial charge is 0.478 e. The Hall–Kier alpha value is -2.28. The number of carboxylic acid groups (broad SMARTS) is 1. The van der Waals surface area contributed by atoms with Crippen LogP contribution < -0.4 is 5.32 Å². The molecule has 0 radical (unpaired) electrons. The zero-order chi connectivity index (χ0) is 12.0. The minimum atomic E-state index is -1.01. The van der Waals surface area contributed by atoms with E-state index in [1.165, 1.54) is 24.3 Å². The molecular formula is C12H11NO3. The SMILES string of the molecule is CC#CCNC(=O)c1ccc(C(=O)O)cc1. The minimum absolute atomic E-state index is 0.157. The first-order valence-electron chi connectivity index (χ1n) is 4.66. The van der Waals surface area contributed by atoms with Crippen LogP contribution in [-0.2, 0) is 0 Å². The number of aromatic carboxylic acids is 1. The van der Waals surface area contributed by atoms with Gasteiger partial charge in [0.15, 0.2) is 0 Å². The molecule has 1 rings (SSSR count). The van der Waals surface area contributed by atoms with Crippen molar-refractivity contribution in [3.05, 3.63) is 35.4 Å². The molecule has 0 unspecified atom stereocenters. The maximum atomic E-state index is 11.5. The summed E-state index contributed by atoms with van der Waals surface area (Å²) in [6.45, 7) is 1.98. The maximum absolute atomic E-state index is 11.5. The molecule has 2 N–H and O–H groups in total. The van der Waals surface area contributed by atoms with E-state index in [9.17, 15) is 9.59 Å². The number of amides is 1. The van der Waals surface area contributed by atoms with Crippen LogP contribution in [0.3, 0.4) is 0 Å². The number of nitrogens with one attached hydrogen (secondary N) is 1. The van der Waals surface area contributed by atoms with E-state index in [-0.39, 0.29) is 18.0 Å². The van der Waals surface area contributed by atoms with Gasteiger partial charge in [-0.15, -0.1) is 5.92 Å². The average Bonchev–Trinajstić information content (AvgIpc) is 2.29. The van der Waals surface area contributed by atoms with Gasteiger partial charge in [0.2, 0.25) is 0 Å². The highest BCUT2D eigenvalue weighted by atomic mass is 16.4. The zero-order valence-electron chi connectivity index (χ0n) is 8.78. The number of carbonyl (C=O) groups is 2. The number of carbonyl (C=O) groups excluding carboxylic acids is 1. The lowest BCUT2D eigenvalue weighted by atomic mass is 10.1. The predicted molar refractivity (Wildman–Crippen MR) is 59.2 cm³/mol. The number of carboxylic acids is 1. The van der Waals surface area contributed by atoms with Gasteiger partial charge < -0.3 is 10.4 Å². The summed E-state index contributed by atoms with van der Waals surface area (Å²) >= 11 is 0. The number of benzene rings is 1. The van der Waals surface area contributed by atoms with Crippen LogP contribution in [0.5, 0.6) is 0 Å². The van der Waals surface area contributed by atoms with E-state index in [1.54, 1.807) is 6.92 Å². The Kier molecular flexibility index (Phi) is 4.10. The van der Waals surface area contributed by atoms with Crippen molar-refractivity contribution >= 4 is 11.9 Å². The Balaban J connectivity index is 2.69. The molecule has 1 aromatic rings. The molecule has 0 aliphatic rings. The van der Waals surface area contributed by atoms with Gasteiger partial charge in [-0.3, -0.25) is 4.79 Å². The van der Waals surface area contributed by atoms with Crippen molar-refractivity contribution in [2.45, 2.75) is 6.92 Å². The molecular weight excluding hydrogens is 206 g/mol. The second-order valence-corrected chi connectivity index (χ2v) is 2.99. The Morgan fingerprint density at radius 3 is 2.31 bits per heavy atom. The summed E-state index contributed by atoms with van der Waals surface area (Å²) in [5.41, 5.74) is 0.577. The van der Waals surface area contributed by atoms with E-state index in [0.29, 0.717) is 5.56 Å². The molecule has 0 spiro atoms. The first-order chi connectivity index (χ1) is 7.65. The van der Waals surface area contributed by atoms with Gasteiger partial charge in [-0.05, 0) is 31.2 Å². The van der Waals surface area contributed by atoms with E-state index < -0.39 is 5.97 Å². The summed E-state index contributed by atoms with van der Waals surface area (Å²) in [7, 11) is 0. The van der Waals surface area contributed by atoms with E-state index in [1.807, 2.05) is 0 Å². The topological polar surface area (TPSA) is 66.4 Å². The van der Waals surface area contributed by atoms with Crippen LogP contribution in [0.2, 0.25) is 0 Å². The lowest BCUT2D eigenvalue weighted by Crippen LogP contribution is -2.23. The fraction of sp³-hybridized carbons (Fsp3) is 0.167. The van der Waals surface area contributed by atoms with E-state index in [4.69, 9.17) is 5.11 Å². The normalized spacial score (nSPS) is 8.81. The molecule has 4 nitrogen and oxygen atoms in total. The fourth-order valence-corrected chi connectivity index (χ4v) is 1.08. The quantitative estimate of drug-likeness (QED) is 0.746. The molecule has 0 atom stereocenters. The fourth-order valence-electron chi connectivity index (χ4n) is 1.08. The van der Waals surface area contributed by atoms with Gasteiger partial charge in [0.1, 0.15) is 0 Å². The highest BCUT2D eigenvalue weighted by Gasteiger charge is 2.06. The number of rotatable bonds is 3. The minimum Gasteiger partial charge on any atom is -0.478 e. The molecule has 0 fully saturated rings. The van der Waals surface area contributed by atoms with Crippen LogP contribution in [0.1, 0.15) is 27.6 Å². The van der Waals surface area contributed by atoms with Gasteiger partial charge in [-0.25, -0.2) is 4.79 Å². The molecule has 0 aliphatic carbocycles. The van der Waals surface area contributed by atoms with Crippen molar-refractivity contribution in [1.82, 2.24) is 5.32 Å². The molecule has 0 aliphatic heterocycles. The van der Waals surface area contributed by atoms with Crippen LogP contribution in [0, 0.1) is 11.8 Å². The van der Waals surface area contributed by atoms with Gasteiger partial charge in [0.05, 0.1) is 12.1 Å². The first kappa shape index (κ1) is 11.8. The second-order valence-electron chi connectivity index (χ2n) is 2.99. The standard InChI is InChI=1S/C12H11NO3/c1-2-3-8-13-11(14)9-4-6-10(7-5-9)12(15)16/h4-7H,8H2,1H3,(H,13,14)(H,15,16). The second kappa shape index (κ2) is 5.56. The molecule has 0 saturated heterocycles. The van der Waals surface area contributed by atoms with Gasteiger partial charge in [-0.2, -0.15) is 0 Å². The molecule has 0 saturated carbocycles. The maximum Gasteiger partial charge on any atom is 0.335 e. The molecule has 4 heteroatoms. The molecule has 0 heterocycles. The van der Waals surface area contributed by atoms with Crippen molar-refractivity contribution in [2.24, 2.45) is 0 Å². The van der Waals surface area contributed by atoms with Crippen LogP contribution in [0.4, 0.5) is 0 Å². The van der Waals surface area contributed by atoms with Crippen molar-refractivity contribution in [2.75, 3.05) is 6.54 Å². The molecule has 1 amide bonds. The van der Waals surface area contributed by atoms with E-state index >= 15 is 0 Å². The lowest BCUT2D eigenvalue weighted by molar-refractivity contribution is 0.0696. The lowest BCUT2D eigenvalue weighted by Gasteiger charge is -2.01. The highest BCUT2D eigenvalue weighted by Crippen LogP contribution is 2.04. The van der Waals surface area contributed by atoms with Crippen molar-refractivity contribution in [3.63, 3.8) is 0 Å². The van der Waals surface area contributed by atoms with Gasteiger partial charge in [-0.1, -0.05) is 5.92 Å². The Bertz CT molecular complexity index is 451. The van der Waals surface area contributed by atoms with Crippen molar-refractivity contribution in [1.29, 1.82) is 0 Å². The van der Waals surface area contributed by atoms with Crippen molar-refractivity contribution in [3.8, 4) is 11.8 Å². The molecule has 0 aromatic heterocycles. The van der Waals surface area contributed by atoms with Crippen LogP contribution >= 0.6 is 0 Å². The summed E-state index contributed by atoms with van der Waals surface area (Å²) in [6.07, 6.45) is 0. The van der Waals surface area contributed by atoms with Gasteiger partial charge >= 0.3 is 5.97 Å². The zero-order valence-corrected chi connectivity index (χ0v) is 8.78. The third-order valence-corrected chi connectivity index (χ3v) is 1.91. The predicted octanol–water partition coefficient (Wildman–Crippen LogP) is 1.14. The van der Waals surface area contributed by atoms with Crippen LogP contribution in [0.25, 0.3) is 0 Å². The summed E-state index contributed by atoms with van der Waals surface area (Å²) in [6, 6.07) is 5.72. The van der Waals surface area contributed by atoms with Crippen molar-refractivity contribution < 1.29 is 14.7 Å². The van der Waals surface area contributed by atoms with Crippen LogP contribution in [-0.4, -0.2) is 23.5 Å². The number of hydrogen-bond donors (Lipinski definition) is 2. The summed E-state index contributed by atoms with van der Waals surface area (Å²) < 4.78 is 0. The summed E-state index contributed by atoms with van der Waals surface area (Å²) in [5.74, 6) is 4.08. The Labute approximate surface area is 93.3 Å². The molecule has 0 bridgehead atoms. The monoisotopic (exact) mass is 217 g/mol. The molecule has 82 valence electrons. The molecule has 16 heavy (non-hydrogen) atoms. The summed E-state index contributed by atoms with van der Waals surface area (Å²) in [5, 5.41) is 11.3. The van der Waals surface area contributed by atoms with Gasteiger partial charge in [0, 0.05) is 5.56 Å². The average molecular weight is 217 g/mol. The highest BCUT2D eigenvalue weighted by molar-refractivity contribution is 5.95. The Morgan fingerprint density at radius 1 is 1.25 bits per heavy atom. The first-order valence-corrected chi connectivity index (χ1v) is 4.66. The number of hydrogen-bond acceptors (Lipinski definition) is 2. The van der Waals surface area contributed by atoms with E-state index in [2.05, 4.69) is 17.2 Å². The molecule has 1 aromatic carbocycles. The van der Waals surface area contributed by atoms with E-state index in [0.717, 1.165) is 0 Å². The third-order valence-electron chi connectivity index (χ3n) is 1.91. The third kappa shape index (κ3) is 3.14. The smallest absolute Gasteiger partial charge is 0.335 e. The van der Waals surface area contributed by atoms with Crippen LogP contribution in [0.15, 0.2) is 24.3 Å².